The molecule has 0 aliphatic rings. The molecular weight excluding hydrogens is 230 g/mol. The number of carbonyl (C=O) groups excluding carboxylic acids is 1. The third-order valence-electron chi connectivity index (χ3n) is 2.66. The molecule has 0 saturated carbocycles. The fraction of sp³-hybridized carbons (Fsp3) is 0.500. The number of carbonyl (C=O) groups is 1. The molecule has 0 heterocycles. The van der Waals surface area contributed by atoms with E-state index in [0.29, 0.717) is 31.6 Å². The van der Waals surface area contributed by atoms with E-state index in [9.17, 15) is 9.90 Å². The molecule has 1 atom stereocenters. The molecule has 100 valence electrons. The number of aliphatic hydroxyl groups is 1. The lowest BCUT2D eigenvalue weighted by Gasteiger charge is -2.09. The van der Waals surface area contributed by atoms with Crippen LogP contribution in [0.1, 0.15) is 37.0 Å². The summed E-state index contributed by atoms with van der Waals surface area (Å²) >= 11 is 0. The molecule has 1 unspecified atom stereocenters. The first-order valence-corrected chi connectivity index (χ1v) is 6.36. The average Bonchev–Trinajstić information content (AvgIpc) is 2.39. The smallest absolute Gasteiger partial charge is 0.251 e. The Hall–Kier alpha value is -1.55. The van der Waals surface area contributed by atoms with Crippen molar-refractivity contribution in [3.63, 3.8) is 0 Å². The van der Waals surface area contributed by atoms with E-state index in [2.05, 4.69) is 5.32 Å². The Morgan fingerprint density at radius 1 is 1.33 bits per heavy atom. The molecule has 1 aromatic rings. The van der Waals surface area contributed by atoms with Crippen LogP contribution in [0.3, 0.4) is 0 Å². The predicted octanol–water partition coefficient (Wildman–Crippen LogP) is 1.98. The Kier molecular flexibility index (Phi) is 6.22. The SMILES string of the molecule is CCOc1ccc(C(=O)NCCC(O)CC)cc1. The minimum Gasteiger partial charge on any atom is -0.494 e. The fourth-order valence-electron chi connectivity index (χ4n) is 1.53. The van der Waals surface area contributed by atoms with Crippen LogP contribution in [0, 0.1) is 0 Å². The van der Waals surface area contributed by atoms with Crippen LogP contribution in [0.2, 0.25) is 0 Å². The highest BCUT2D eigenvalue weighted by atomic mass is 16.5. The Balaban J connectivity index is 2.41. The summed E-state index contributed by atoms with van der Waals surface area (Å²) in [5.41, 5.74) is 0.601. The standard InChI is InChI=1S/C14H21NO3/c1-3-12(16)9-10-15-14(17)11-5-7-13(8-6-11)18-4-2/h5-8,12,16H,3-4,9-10H2,1-2H3,(H,15,17). The molecule has 0 aliphatic heterocycles. The lowest BCUT2D eigenvalue weighted by atomic mass is 10.2. The maximum atomic E-state index is 11.8. The second kappa shape index (κ2) is 7.71. The zero-order valence-electron chi connectivity index (χ0n) is 11.0. The van der Waals surface area contributed by atoms with Crippen LogP contribution in [0.5, 0.6) is 5.75 Å². The summed E-state index contributed by atoms with van der Waals surface area (Å²) in [5, 5.41) is 12.1. The number of ether oxygens (including phenoxy) is 1. The van der Waals surface area contributed by atoms with E-state index < -0.39 is 0 Å². The molecule has 0 fully saturated rings. The van der Waals surface area contributed by atoms with E-state index in [1.165, 1.54) is 0 Å². The first-order chi connectivity index (χ1) is 8.67. The predicted molar refractivity (Wildman–Crippen MR) is 70.9 cm³/mol. The average molecular weight is 251 g/mol. The Morgan fingerprint density at radius 2 is 2.00 bits per heavy atom. The third-order valence-corrected chi connectivity index (χ3v) is 2.66. The summed E-state index contributed by atoms with van der Waals surface area (Å²) in [7, 11) is 0. The summed E-state index contributed by atoms with van der Waals surface area (Å²) in [6.45, 7) is 4.93. The van der Waals surface area contributed by atoms with E-state index in [-0.39, 0.29) is 12.0 Å². The van der Waals surface area contributed by atoms with Crippen LogP contribution >= 0.6 is 0 Å². The van der Waals surface area contributed by atoms with Crippen LogP contribution in [-0.4, -0.2) is 30.3 Å². The van der Waals surface area contributed by atoms with Gasteiger partial charge in [-0.1, -0.05) is 6.92 Å². The molecule has 2 N–H and O–H groups in total. The lowest BCUT2D eigenvalue weighted by Crippen LogP contribution is -2.26. The van der Waals surface area contributed by atoms with Crippen molar-refractivity contribution < 1.29 is 14.6 Å². The Labute approximate surface area is 108 Å². The van der Waals surface area contributed by atoms with Gasteiger partial charge >= 0.3 is 0 Å². The van der Waals surface area contributed by atoms with Gasteiger partial charge in [0.25, 0.3) is 5.91 Å². The van der Waals surface area contributed by atoms with Crippen LogP contribution < -0.4 is 10.1 Å². The van der Waals surface area contributed by atoms with E-state index in [4.69, 9.17) is 4.74 Å². The van der Waals surface area contributed by atoms with Gasteiger partial charge in [0.1, 0.15) is 5.75 Å². The van der Waals surface area contributed by atoms with Crippen molar-refractivity contribution in [3.8, 4) is 5.75 Å². The number of aliphatic hydroxyl groups excluding tert-OH is 1. The monoisotopic (exact) mass is 251 g/mol. The molecule has 0 aromatic heterocycles. The van der Waals surface area contributed by atoms with Gasteiger partial charge in [0.15, 0.2) is 0 Å². The Morgan fingerprint density at radius 3 is 2.56 bits per heavy atom. The lowest BCUT2D eigenvalue weighted by molar-refractivity contribution is 0.0942. The van der Waals surface area contributed by atoms with Crippen molar-refractivity contribution in [1.29, 1.82) is 0 Å². The summed E-state index contributed by atoms with van der Waals surface area (Å²) in [6.07, 6.45) is 0.948. The maximum absolute atomic E-state index is 11.8. The van der Waals surface area contributed by atoms with Gasteiger partial charge in [0, 0.05) is 12.1 Å². The summed E-state index contributed by atoms with van der Waals surface area (Å²) in [6, 6.07) is 7.02. The van der Waals surface area contributed by atoms with E-state index in [1.54, 1.807) is 24.3 Å². The summed E-state index contributed by atoms with van der Waals surface area (Å²) in [5.74, 6) is 0.636. The van der Waals surface area contributed by atoms with Gasteiger partial charge in [-0.3, -0.25) is 4.79 Å². The number of benzene rings is 1. The van der Waals surface area contributed by atoms with Gasteiger partial charge in [-0.25, -0.2) is 0 Å². The first-order valence-electron chi connectivity index (χ1n) is 6.36. The van der Waals surface area contributed by atoms with Crippen molar-refractivity contribution in [2.45, 2.75) is 32.8 Å². The molecule has 0 spiro atoms. The van der Waals surface area contributed by atoms with E-state index in [0.717, 1.165) is 5.75 Å². The number of rotatable bonds is 7. The van der Waals surface area contributed by atoms with Crippen molar-refractivity contribution in [3.05, 3.63) is 29.8 Å². The van der Waals surface area contributed by atoms with Crippen LogP contribution in [0.15, 0.2) is 24.3 Å². The molecule has 0 bridgehead atoms. The quantitative estimate of drug-likeness (QED) is 0.779. The summed E-state index contributed by atoms with van der Waals surface area (Å²) in [4.78, 5) is 11.8. The van der Waals surface area contributed by atoms with Gasteiger partial charge in [0.2, 0.25) is 0 Å². The van der Waals surface area contributed by atoms with Gasteiger partial charge in [-0.2, -0.15) is 0 Å². The summed E-state index contributed by atoms with van der Waals surface area (Å²) < 4.78 is 5.30. The van der Waals surface area contributed by atoms with Crippen LogP contribution in [0.25, 0.3) is 0 Å². The van der Waals surface area contributed by atoms with Crippen LogP contribution in [0.4, 0.5) is 0 Å². The molecule has 0 aliphatic carbocycles. The van der Waals surface area contributed by atoms with E-state index >= 15 is 0 Å². The molecular formula is C14H21NO3. The highest BCUT2D eigenvalue weighted by molar-refractivity contribution is 5.94. The van der Waals surface area contributed by atoms with Gasteiger partial charge in [-0.05, 0) is 44.0 Å². The van der Waals surface area contributed by atoms with Crippen molar-refractivity contribution in [1.82, 2.24) is 5.32 Å². The minimum absolute atomic E-state index is 0.124. The molecule has 1 rings (SSSR count). The van der Waals surface area contributed by atoms with Crippen molar-refractivity contribution in [2.75, 3.05) is 13.2 Å². The molecule has 4 heteroatoms. The zero-order valence-corrected chi connectivity index (χ0v) is 11.0. The zero-order chi connectivity index (χ0) is 13.4. The maximum Gasteiger partial charge on any atom is 0.251 e. The van der Waals surface area contributed by atoms with Crippen molar-refractivity contribution in [2.24, 2.45) is 0 Å². The highest BCUT2D eigenvalue weighted by Gasteiger charge is 2.06. The van der Waals surface area contributed by atoms with Crippen LogP contribution in [-0.2, 0) is 0 Å². The molecule has 18 heavy (non-hydrogen) atoms. The molecule has 4 nitrogen and oxygen atoms in total. The largest absolute Gasteiger partial charge is 0.494 e. The second-order valence-electron chi connectivity index (χ2n) is 4.06. The highest BCUT2D eigenvalue weighted by Crippen LogP contribution is 2.11. The van der Waals surface area contributed by atoms with E-state index in [1.807, 2.05) is 13.8 Å². The molecule has 1 amide bonds. The fourth-order valence-corrected chi connectivity index (χ4v) is 1.53. The number of amides is 1. The van der Waals surface area contributed by atoms with Crippen molar-refractivity contribution >= 4 is 5.91 Å². The van der Waals surface area contributed by atoms with Gasteiger partial charge < -0.3 is 15.2 Å². The number of nitrogens with one attached hydrogen (secondary N) is 1. The first kappa shape index (κ1) is 14.5. The topological polar surface area (TPSA) is 58.6 Å². The van der Waals surface area contributed by atoms with Gasteiger partial charge in [0.05, 0.1) is 12.7 Å². The number of hydrogen-bond acceptors (Lipinski definition) is 3. The molecule has 0 saturated heterocycles. The second-order valence-corrected chi connectivity index (χ2v) is 4.06. The molecule has 1 aromatic carbocycles. The third kappa shape index (κ3) is 4.75. The molecule has 0 radical (unpaired) electrons. The minimum atomic E-state index is -0.342. The Bertz CT molecular complexity index is 362. The van der Waals surface area contributed by atoms with Gasteiger partial charge in [-0.15, -0.1) is 0 Å². The normalized spacial score (nSPS) is 11.9. The number of hydrogen-bond donors (Lipinski definition) is 2.